The highest BCUT2D eigenvalue weighted by molar-refractivity contribution is 5.90. The molecule has 1 aromatic carbocycles. The number of nitrogens with one attached hydrogen (secondary N) is 2. The number of hydrogen-bond donors (Lipinski definition) is 2. The molecular weight excluding hydrogens is 220 g/mol. The normalized spacial score (nSPS) is 6.82. The van der Waals surface area contributed by atoms with E-state index in [9.17, 15) is 4.79 Å². The first-order chi connectivity index (χ1) is 8.15. The molecule has 0 saturated carbocycles. The van der Waals surface area contributed by atoms with Crippen molar-refractivity contribution in [2.45, 2.75) is 6.42 Å². The fourth-order valence-corrected chi connectivity index (χ4v) is 0.869. The van der Waals surface area contributed by atoms with Crippen LogP contribution in [0.3, 0.4) is 0 Å². The summed E-state index contributed by atoms with van der Waals surface area (Å²) in [7, 11) is 0. The van der Waals surface area contributed by atoms with Gasteiger partial charge in [0.1, 0.15) is 0 Å². The molecule has 0 aliphatic carbocycles. The lowest BCUT2D eigenvalue weighted by molar-refractivity contribution is -0.114. The van der Waals surface area contributed by atoms with Gasteiger partial charge in [-0.3, -0.25) is 4.79 Å². The van der Waals surface area contributed by atoms with E-state index in [0.717, 1.165) is 17.7 Å². The lowest BCUT2D eigenvalue weighted by Crippen LogP contribution is -1.96. The summed E-state index contributed by atoms with van der Waals surface area (Å²) in [5.41, 5.74) is 1.04. The Hall–Kier alpha value is -2.61. The Bertz CT molecular complexity index is 389. The highest BCUT2D eigenvalue weighted by Gasteiger charge is 1.95. The molecule has 88 valence electrons. The van der Waals surface area contributed by atoms with Crippen LogP contribution < -0.4 is 0 Å². The second-order valence-electron chi connectivity index (χ2n) is 2.54. The molecule has 0 heterocycles. The Labute approximate surface area is 98.8 Å². The molecule has 0 aliphatic rings. The van der Waals surface area contributed by atoms with Gasteiger partial charge in [0.05, 0.1) is 0 Å². The average Bonchev–Trinajstić information content (AvgIpc) is 2.32. The minimum Gasteiger partial charge on any atom is -0.295 e. The van der Waals surface area contributed by atoms with Gasteiger partial charge in [0.25, 0.3) is 0 Å². The van der Waals surface area contributed by atoms with E-state index in [4.69, 9.17) is 20.4 Å². The van der Waals surface area contributed by atoms with E-state index in [0.29, 0.717) is 6.42 Å². The van der Waals surface area contributed by atoms with E-state index in [1.54, 1.807) is 0 Å². The first-order valence-electron chi connectivity index (χ1n) is 4.43. The minimum absolute atomic E-state index is 0.0659. The second kappa shape index (κ2) is 13.4. The summed E-state index contributed by atoms with van der Waals surface area (Å²) in [6.45, 7) is 3.41. The van der Waals surface area contributed by atoms with Crippen molar-refractivity contribution in [3.8, 4) is 0 Å². The van der Waals surface area contributed by atoms with Crippen LogP contribution in [0.4, 0.5) is 0 Å². The molecule has 0 unspecified atom stereocenters. The van der Waals surface area contributed by atoms with Gasteiger partial charge in [-0.05, 0) is 11.6 Å². The Balaban J connectivity index is 0. The van der Waals surface area contributed by atoms with Gasteiger partial charge in [-0.2, -0.15) is 0 Å². The van der Waals surface area contributed by atoms with Gasteiger partial charge in [0.2, 0.25) is 12.2 Å². The molecule has 0 aromatic heterocycles. The molecule has 17 heavy (non-hydrogen) atoms. The predicted octanol–water partition coefficient (Wildman–Crippen LogP) is 1.79. The van der Waals surface area contributed by atoms with Crippen LogP contribution in [0.15, 0.2) is 43.0 Å². The lowest BCUT2D eigenvalue weighted by atomic mass is 10.1. The molecule has 0 radical (unpaired) electrons. The number of benzene rings is 1. The maximum absolute atomic E-state index is 10.9. The van der Waals surface area contributed by atoms with Gasteiger partial charge in [0, 0.05) is 6.42 Å². The number of isocyanates is 2. The summed E-state index contributed by atoms with van der Waals surface area (Å²) in [5.74, 6) is 0.0659. The summed E-state index contributed by atoms with van der Waals surface area (Å²) in [6.07, 6.45) is 3.32. The number of hydrogen-bond acceptors (Lipinski definition) is 5. The Morgan fingerprint density at radius 1 is 1.18 bits per heavy atom. The molecule has 0 fully saturated rings. The van der Waals surface area contributed by atoms with Gasteiger partial charge >= 0.3 is 0 Å². The number of allylic oxidation sites excluding steroid dienone is 1. The third kappa shape index (κ3) is 13.4. The van der Waals surface area contributed by atoms with Gasteiger partial charge in [-0.15, -0.1) is 0 Å². The smallest absolute Gasteiger partial charge is 0.231 e. The fourth-order valence-electron chi connectivity index (χ4n) is 0.869. The third-order valence-corrected chi connectivity index (χ3v) is 1.45. The molecular formula is C12H12N2O3. The summed E-state index contributed by atoms with van der Waals surface area (Å²) >= 11 is 0. The van der Waals surface area contributed by atoms with E-state index >= 15 is 0 Å². The molecule has 0 spiro atoms. The maximum Gasteiger partial charge on any atom is 0.231 e. The molecule has 0 atom stereocenters. The van der Waals surface area contributed by atoms with Crippen molar-refractivity contribution in [1.29, 1.82) is 10.8 Å². The average molecular weight is 232 g/mol. The van der Waals surface area contributed by atoms with Gasteiger partial charge in [-0.25, -0.2) is 20.4 Å². The highest BCUT2D eigenvalue weighted by Crippen LogP contribution is 1.99. The number of carbonyl (C=O) groups excluding carboxylic acids is 3. The van der Waals surface area contributed by atoms with Crippen LogP contribution in [0.5, 0.6) is 0 Å². The summed E-state index contributed by atoms with van der Waals surface area (Å²) in [4.78, 5) is 27.6. The highest BCUT2D eigenvalue weighted by atomic mass is 16.1. The number of ketones is 1. The van der Waals surface area contributed by atoms with Crippen molar-refractivity contribution in [2.24, 2.45) is 0 Å². The summed E-state index contributed by atoms with van der Waals surface area (Å²) in [5, 5.41) is 10.8. The van der Waals surface area contributed by atoms with E-state index in [1.165, 1.54) is 6.08 Å². The van der Waals surface area contributed by atoms with Gasteiger partial charge < -0.3 is 0 Å². The quantitative estimate of drug-likeness (QED) is 0.472. The van der Waals surface area contributed by atoms with Crippen LogP contribution in [0.2, 0.25) is 0 Å². The number of carbonyl (C=O) groups is 1. The van der Waals surface area contributed by atoms with E-state index < -0.39 is 0 Å². The van der Waals surface area contributed by atoms with Crippen LogP contribution in [-0.4, -0.2) is 17.9 Å². The molecule has 0 amide bonds. The molecule has 1 aromatic rings. The minimum atomic E-state index is 0.0659. The van der Waals surface area contributed by atoms with E-state index in [2.05, 4.69) is 6.58 Å². The van der Waals surface area contributed by atoms with Crippen LogP contribution in [0.25, 0.3) is 0 Å². The number of rotatable bonds is 3. The Morgan fingerprint density at radius 2 is 1.59 bits per heavy atom. The van der Waals surface area contributed by atoms with Crippen LogP contribution in [0.1, 0.15) is 5.56 Å². The van der Waals surface area contributed by atoms with Crippen molar-refractivity contribution in [3.05, 3.63) is 48.6 Å². The molecule has 5 nitrogen and oxygen atoms in total. The largest absolute Gasteiger partial charge is 0.295 e. The standard InChI is InChI=1S/C10H10O.2CHNO/c1-2-10(11)8-9-6-4-3-5-7-9;2*2-1-3/h2-7H,1,8H2;2*2H. The third-order valence-electron chi connectivity index (χ3n) is 1.45. The maximum atomic E-state index is 10.9. The van der Waals surface area contributed by atoms with Gasteiger partial charge in [-0.1, -0.05) is 36.9 Å². The molecule has 1 rings (SSSR count). The van der Waals surface area contributed by atoms with Crippen molar-refractivity contribution in [2.75, 3.05) is 0 Å². The van der Waals surface area contributed by atoms with Crippen molar-refractivity contribution in [1.82, 2.24) is 0 Å². The fraction of sp³-hybridized carbons (Fsp3) is 0.0833. The second-order valence-corrected chi connectivity index (χ2v) is 2.54. The molecule has 5 heteroatoms. The monoisotopic (exact) mass is 232 g/mol. The molecule has 0 aliphatic heterocycles. The zero-order valence-electron chi connectivity index (χ0n) is 9.10. The molecule has 0 saturated heterocycles. The van der Waals surface area contributed by atoms with Crippen LogP contribution in [0, 0.1) is 10.8 Å². The Morgan fingerprint density at radius 3 is 1.94 bits per heavy atom. The first kappa shape index (κ1) is 16.8. The molecule has 2 N–H and O–H groups in total. The van der Waals surface area contributed by atoms with Gasteiger partial charge in [0.15, 0.2) is 5.78 Å². The topological polar surface area (TPSA) is 98.9 Å². The van der Waals surface area contributed by atoms with Crippen molar-refractivity contribution < 1.29 is 14.4 Å². The van der Waals surface area contributed by atoms with Crippen LogP contribution in [-0.2, 0) is 20.8 Å². The van der Waals surface area contributed by atoms with Crippen molar-refractivity contribution in [3.63, 3.8) is 0 Å². The van der Waals surface area contributed by atoms with E-state index in [-0.39, 0.29) is 5.78 Å². The summed E-state index contributed by atoms with van der Waals surface area (Å²) < 4.78 is 0. The lowest BCUT2D eigenvalue weighted by Gasteiger charge is -1.94. The van der Waals surface area contributed by atoms with Crippen molar-refractivity contribution >= 4 is 17.9 Å². The SMILES string of the molecule is C=CC(=O)Cc1ccccc1.N=C=O.N=C=O. The van der Waals surface area contributed by atoms with E-state index in [1.807, 2.05) is 30.3 Å². The molecule has 0 bridgehead atoms. The predicted molar refractivity (Wildman–Crippen MR) is 62.2 cm³/mol. The summed E-state index contributed by atoms with van der Waals surface area (Å²) in [6, 6.07) is 9.64. The Kier molecular flexibility index (Phi) is 13.2. The zero-order valence-corrected chi connectivity index (χ0v) is 9.10. The zero-order chi connectivity index (χ0) is 13.5. The first-order valence-corrected chi connectivity index (χ1v) is 4.43. The van der Waals surface area contributed by atoms with Crippen LogP contribution >= 0.6 is 0 Å².